The van der Waals surface area contributed by atoms with E-state index in [0.29, 0.717) is 31.2 Å². The molecule has 178 valence electrons. The fourth-order valence-electron chi connectivity index (χ4n) is 3.38. The van der Waals surface area contributed by atoms with Gasteiger partial charge in [0, 0.05) is 10.6 Å². The fraction of sp³-hybridized carbons (Fsp3) is 0.0800. The number of methoxy groups -OCH3 is 1. The Morgan fingerprint density at radius 1 is 1.09 bits per heavy atom. The van der Waals surface area contributed by atoms with Crippen molar-refractivity contribution in [3.63, 3.8) is 0 Å². The van der Waals surface area contributed by atoms with Gasteiger partial charge in [-0.3, -0.25) is 14.9 Å². The summed E-state index contributed by atoms with van der Waals surface area (Å²) in [6, 6.07) is 14.7. The summed E-state index contributed by atoms with van der Waals surface area (Å²) in [5, 5.41) is 2.61. The van der Waals surface area contributed by atoms with Gasteiger partial charge in [0.15, 0.2) is 11.5 Å². The highest BCUT2D eigenvalue weighted by Gasteiger charge is 2.36. The third kappa shape index (κ3) is 5.30. The number of hydrogen-bond donors (Lipinski definition) is 1. The number of carbonyl (C=O) groups is 3. The summed E-state index contributed by atoms with van der Waals surface area (Å²) in [5.41, 5.74) is 0.873. The van der Waals surface area contributed by atoms with E-state index in [1.54, 1.807) is 30.3 Å². The van der Waals surface area contributed by atoms with Crippen LogP contribution in [0.3, 0.4) is 0 Å². The smallest absolute Gasteiger partial charge is 0.335 e. The molecule has 7 nitrogen and oxygen atoms in total. The second-order valence-corrected chi connectivity index (χ2v) is 8.95. The molecule has 0 aliphatic carbocycles. The number of carbonyl (C=O) groups excluding carboxylic acids is 3. The van der Waals surface area contributed by atoms with Crippen LogP contribution in [0.2, 0.25) is 5.02 Å². The molecule has 0 aromatic heterocycles. The summed E-state index contributed by atoms with van der Waals surface area (Å²) >= 11 is 7.91. The molecule has 35 heavy (non-hydrogen) atoms. The Morgan fingerprint density at radius 3 is 2.49 bits per heavy atom. The molecule has 1 fully saturated rings. The largest absolute Gasteiger partial charge is 0.493 e. The molecule has 0 saturated carbocycles. The van der Waals surface area contributed by atoms with E-state index in [9.17, 15) is 18.8 Å². The first kappa shape index (κ1) is 24.7. The van der Waals surface area contributed by atoms with E-state index in [2.05, 4.69) is 5.32 Å². The highest BCUT2D eigenvalue weighted by Crippen LogP contribution is 2.35. The highest BCUT2D eigenvalue weighted by atomic mass is 127. The van der Waals surface area contributed by atoms with Crippen LogP contribution in [-0.2, 0) is 16.2 Å². The number of nitrogens with zero attached hydrogens (tertiary/aromatic N) is 1. The zero-order valence-corrected chi connectivity index (χ0v) is 21.1. The summed E-state index contributed by atoms with van der Waals surface area (Å²) in [4.78, 5) is 38.8. The number of nitrogens with one attached hydrogen (secondary N) is 1. The fourth-order valence-corrected chi connectivity index (χ4v) is 4.28. The Kier molecular flexibility index (Phi) is 7.37. The molecule has 0 unspecified atom stereocenters. The number of barbiturate groups is 1. The van der Waals surface area contributed by atoms with Gasteiger partial charge in [0.1, 0.15) is 18.0 Å². The van der Waals surface area contributed by atoms with Crippen LogP contribution in [0.5, 0.6) is 11.5 Å². The predicted molar refractivity (Wildman–Crippen MR) is 137 cm³/mol. The first-order valence-corrected chi connectivity index (χ1v) is 11.6. The number of hydrogen-bond acceptors (Lipinski definition) is 5. The van der Waals surface area contributed by atoms with Crippen LogP contribution in [0.1, 0.15) is 11.1 Å². The van der Waals surface area contributed by atoms with Crippen molar-refractivity contribution in [3.8, 4) is 11.5 Å². The van der Waals surface area contributed by atoms with Gasteiger partial charge in [-0.1, -0.05) is 29.8 Å². The second-order valence-electron chi connectivity index (χ2n) is 7.35. The highest BCUT2D eigenvalue weighted by molar-refractivity contribution is 14.1. The minimum absolute atomic E-state index is 0.0154. The molecule has 10 heteroatoms. The molecule has 1 saturated heterocycles. The molecule has 0 spiro atoms. The lowest BCUT2D eigenvalue weighted by Crippen LogP contribution is -2.54. The van der Waals surface area contributed by atoms with Crippen LogP contribution < -0.4 is 19.7 Å². The first-order valence-electron chi connectivity index (χ1n) is 10.2. The van der Waals surface area contributed by atoms with Crippen LogP contribution >= 0.6 is 34.2 Å². The van der Waals surface area contributed by atoms with E-state index < -0.39 is 17.8 Å². The molecular weight excluding hydrogens is 590 g/mol. The van der Waals surface area contributed by atoms with E-state index in [4.69, 9.17) is 21.1 Å². The quantitative estimate of drug-likeness (QED) is 0.233. The monoisotopic (exact) mass is 606 g/mol. The van der Waals surface area contributed by atoms with Crippen molar-refractivity contribution in [1.82, 2.24) is 5.32 Å². The lowest BCUT2D eigenvalue weighted by atomic mass is 10.1. The third-order valence-electron chi connectivity index (χ3n) is 5.08. The molecule has 1 aliphatic heterocycles. The van der Waals surface area contributed by atoms with E-state index in [0.717, 1.165) is 4.90 Å². The van der Waals surface area contributed by atoms with Crippen molar-refractivity contribution in [2.24, 2.45) is 0 Å². The van der Waals surface area contributed by atoms with Gasteiger partial charge in [-0.2, -0.15) is 0 Å². The van der Waals surface area contributed by atoms with Gasteiger partial charge in [-0.05, 0) is 76.7 Å². The maximum absolute atomic E-state index is 13.9. The number of urea groups is 1. The maximum atomic E-state index is 13.9. The lowest BCUT2D eigenvalue weighted by molar-refractivity contribution is -0.122. The Hall–Kier alpha value is -3.44. The number of halogens is 3. The Labute approximate surface area is 218 Å². The average molecular weight is 607 g/mol. The Bertz CT molecular complexity index is 1360. The van der Waals surface area contributed by atoms with E-state index in [1.807, 2.05) is 22.6 Å². The molecule has 1 aliphatic rings. The zero-order valence-electron chi connectivity index (χ0n) is 18.2. The molecule has 0 radical (unpaired) electrons. The van der Waals surface area contributed by atoms with Gasteiger partial charge >= 0.3 is 6.03 Å². The minimum atomic E-state index is -0.858. The van der Waals surface area contributed by atoms with Crippen molar-refractivity contribution in [2.45, 2.75) is 6.61 Å². The second kappa shape index (κ2) is 10.4. The molecular formula is C25H17ClFIN2O5. The van der Waals surface area contributed by atoms with Gasteiger partial charge in [-0.25, -0.2) is 14.1 Å². The van der Waals surface area contributed by atoms with Crippen molar-refractivity contribution < 1.29 is 28.2 Å². The molecule has 4 rings (SSSR count). The Morgan fingerprint density at radius 2 is 1.80 bits per heavy atom. The Balaban J connectivity index is 1.64. The van der Waals surface area contributed by atoms with Crippen LogP contribution in [0, 0.1) is 9.39 Å². The number of imide groups is 2. The van der Waals surface area contributed by atoms with E-state index in [-0.39, 0.29) is 23.7 Å². The SMILES string of the molecule is COc1cc(/C=C2\C(=O)NC(=O)N(c3ccc(Cl)cc3)C2=O)cc(I)c1OCc1ccccc1F. The summed E-state index contributed by atoms with van der Waals surface area (Å²) in [6.07, 6.45) is 1.36. The molecule has 0 bridgehead atoms. The number of anilines is 1. The standard InChI is InChI=1S/C25H17ClFIN2O5/c1-34-21-12-14(11-20(28)22(21)35-13-15-4-2-3-5-19(15)27)10-18-23(31)29-25(33)30(24(18)32)17-8-6-16(26)7-9-17/h2-12H,13H2,1H3,(H,29,31,33)/b18-10+. The normalized spacial score (nSPS) is 14.8. The van der Waals surface area contributed by atoms with Gasteiger partial charge in [-0.15, -0.1) is 0 Å². The van der Waals surface area contributed by atoms with Crippen LogP contribution in [0.15, 0.2) is 66.2 Å². The molecule has 1 N–H and O–H groups in total. The van der Waals surface area contributed by atoms with Crippen LogP contribution in [0.25, 0.3) is 6.08 Å². The predicted octanol–water partition coefficient (Wildman–Crippen LogP) is 5.34. The number of benzene rings is 3. The summed E-state index contributed by atoms with van der Waals surface area (Å²) in [7, 11) is 1.44. The topological polar surface area (TPSA) is 84.9 Å². The van der Waals surface area contributed by atoms with Gasteiger partial charge < -0.3 is 9.47 Å². The van der Waals surface area contributed by atoms with Gasteiger partial charge in [0.2, 0.25) is 0 Å². The number of ether oxygens (including phenoxy) is 2. The molecule has 1 heterocycles. The third-order valence-corrected chi connectivity index (χ3v) is 6.13. The minimum Gasteiger partial charge on any atom is -0.493 e. The summed E-state index contributed by atoms with van der Waals surface area (Å²) < 4.78 is 25.8. The lowest BCUT2D eigenvalue weighted by Gasteiger charge is -2.26. The van der Waals surface area contributed by atoms with E-state index >= 15 is 0 Å². The number of rotatable bonds is 6. The van der Waals surface area contributed by atoms with Crippen molar-refractivity contribution in [2.75, 3.05) is 12.0 Å². The summed E-state index contributed by atoms with van der Waals surface area (Å²) in [5.74, 6) is -1.27. The molecule has 0 atom stereocenters. The van der Waals surface area contributed by atoms with E-state index in [1.165, 1.54) is 43.5 Å². The van der Waals surface area contributed by atoms with Crippen LogP contribution in [0.4, 0.5) is 14.9 Å². The molecule has 3 aromatic rings. The maximum Gasteiger partial charge on any atom is 0.335 e. The zero-order chi connectivity index (χ0) is 25.1. The van der Waals surface area contributed by atoms with Gasteiger partial charge in [0.05, 0.1) is 16.4 Å². The van der Waals surface area contributed by atoms with Crippen LogP contribution in [-0.4, -0.2) is 25.0 Å². The number of amides is 4. The molecule has 4 amide bonds. The molecule has 3 aromatic carbocycles. The summed E-state index contributed by atoms with van der Waals surface area (Å²) in [6.45, 7) is -0.0154. The van der Waals surface area contributed by atoms with Gasteiger partial charge in [0.25, 0.3) is 11.8 Å². The van der Waals surface area contributed by atoms with Crippen molar-refractivity contribution in [1.29, 1.82) is 0 Å². The average Bonchev–Trinajstić information content (AvgIpc) is 2.83. The first-order chi connectivity index (χ1) is 16.8. The van der Waals surface area contributed by atoms with Crippen molar-refractivity contribution in [3.05, 3.63) is 91.8 Å². The van der Waals surface area contributed by atoms with Crippen molar-refractivity contribution >= 4 is 63.8 Å².